The maximum absolute atomic E-state index is 4.51. The van der Waals surface area contributed by atoms with E-state index in [0.29, 0.717) is 0 Å². The molecule has 44 valence electrons. The summed E-state index contributed by atoms with van der Waals surface area (Å²) >= 11 is 0. The fourth-order valence-electron chi connectivity index (χ4n) is 0.526. The minimum absolute atomic E-state index is 0.799. The first-order chi connectivity index (χ1) is 3.93. The van der Waals surface area contributed by atoms with Gasteiger partial charge in [0.25, 0.3) is 0 Å². The summed E-state index contributed by atoms with van der Waals surface area (Å²) in [5.74, 6) is 0.799. The van der Waals surface area contributed by atoms with E-state index in [1.165, 1.54) is 6.39 Å². The number of hydrogen-bond donors (Lipinski definition) is 0. The van der Waals surface area contributed by atoms with Gasteiger partial charge in [0.15, 0.2) is 5.82 Å². The van der Waals surface area contributed by atoms with Gasteiger partial charge in [-0.3, -0.25) is 0 Å². The van der Waals surface area contributed by atoms with Crippen LogP contribution in [-0.2, 0) is 6.42 Å². The molecule has 1 rings (SSSR count). The van der Waals surface area contributed by atoms with E-state index in [2.05, 4.69) is 21.6 Å². The van der Waals surface area contributed by atoms with E-state index in [1.54, 1.807) is 0 Å². The number of aromatic nitrogens is 2. The summed E-state index contributed by atoms with van der Waals surface area (Å²) in [4.78, 5) is 3.83. The van der Waals surface area contributed by atoms with Crippen LogP contribution >= 0.6 is 0 Å². The quantitative estimate of drug-likeness (QED) is 0.573. The Morgan fingerprint density at radius 1 is 1.75 bits per heavy atom. The van der Waals surface area contributed by atoms with E-state index >= 15 is 0 Å². The molecule has 0 aliphatic carbocycles. The van der Waals surface area contributed by atoms with Gasteiger partial charge in [-0.25, -0.2) is 0 Å². The Labute approximate surface area is 47.7 Å². The van der Waals surface area contributed by atoms with Crippen molar-refractivity contribution in [3.8, 4) is 0 Å². The van der Waals surface area contributed by atoms with Gasteiger partial charge in [-0.15, -0.1) is 0 Å². The molecule has 1 aromatic heterocycles. The molecule has 0 spiro atoms. The number of hydrogen-bond acceptors (Lipinski definition) is 3. The lowest BCUT2D eigenvalue weighted by molar-refractivity contribution is 0.409. The molecule has 1 heterocycles. The van der Waals surface area contributed by atoms with Crippen molar-refractivity contribution in [2.24, 2.45) is 0 Å². The minimum atomic E-state index is 0.799. The molecule has 0 N–H and O–H groups in total. The molecule has 8 heavy (non-hydrogen) atoms. The Morgan fingerprint density at radius 2 is 2.62 bits per heavy atom. The van der Waals surface area contributed by atoms with Crippen LogP contribution in [0.15, 0.2) is 10.9 Å². The maximum Gasteiger partial charge on any atom is 0.213 e. The van der Waals surface area contributed by atoms with Crippen LogP contribution in [0.25, 0.3) is 0 Å². The smallest absolute Gasteiger partial charge is 0.213 e. The van der Waals surface area contributed by atoms with Crippen molar-refractivity contribution >= 4 is 0 Å². The molecule has 0 radical (unpaired) electrons. The Hall–Kier alpha value is -0.860. The van der Waals surface area contributed by atoms with E-state index in [-0.39, 0.29) is 0 Å². The molecular formula is C5H8N2O. The van der Waals surface area contributed by atoms with Crippen LogP contribution in [0, 0.1) is 0 Å². The van der Waals surface area contributed by atoms with E-state index < -0.39 is 0 Å². The zero-order valence-electron chi connectivity index (χ0n) is 4.79. The molecule has 0 aliphatic heterocycles. The van der Waals surface area contributed by atoms with E-state index in [1.807, 2.05) is 0 Å². The number of aryl methyl sites for hydroxylation is 1. The van der Waals surface area contributed by atoms with Gasteiger partial charge >= 0.3 is 0 Å². The first-order valence-corrected chi connectivity index (χ1v) is 2.68. The average Bonchev–Trinajstić information content (AvgIpc) is 2.19. The van der Waals surface area contributed by atoms with Crippen LogP contribution in [0.2, 0.25) is 0 Å². The van der Waals surface area contributed by atoms with E-state index in [4.69, 9.17) is 0 Å². The highest BCUT2D eigenvalue weighted by molar-refractivity contribution is 4.75. The van der Waals surface area contributed by atoms with Crippen LogP contribution in [-0.4, -0.2) is 10.1 Å². The third-order valence-electron chi connectivity index (χ3n) is 0.881. The van der Waals surface area contributed by atoms with Gasteiger partial charge < -0.3 is 4.52 Å². The van der Waals surface area contributed by atoms with Gasteiger partial charge in [0.2, 0.25) is 6.39 Å². The molecule has 0 aliphatic rings. The second-order valence-corrected chi connectivity index (χ2v) is 1.60. The predicted molar refractivity (Wildman–Crippen MR) is 28.3 cm³/mol. The fourth-order valence-corrected chi connectivity index (χ4v) is 0.526. The minimum Gasteiger partial charge on any atom is -0.343 e. The van der Waals surface area contributed by atoms with Crippen molar-refractivity contribution in [3.05, 3.63) is 12.2 Å². The summed E-state index contributed by atoms with van der Waals surface area (Å²) in [6, 6.07) is 0. The standard InChI is InChI=1S/C5H8N2O/c1-2-3-5-6-4-8-7-5/h4H,2-3H2,1H3. The van der Waals surface area contributed by atoms with Crippen LogP contribution in [0.5, 0.6) is 0 Å². The van der Waals surface area contributed by atoms with E-state index in [9.17, 15) is 0 Å². The second kappa shape index (κ2) is 2.45. The highest BCUT2D eigenvalue weighted by atomic mass is 16.5. The Balaban J connectivity index is 2.50. The normalized spacial score (nSPS) is 9.62. The summed E-state index contributed by atoms with van der Waals surface area (Å²) in [5, 5.41) is 3.62. The van der Waals surface area contributed by atoms with Crippen molar-refractivity contribution in [3.63, 3.8) is 0 Å². The largest absolute Gasteiger partial charge is 0.343 e. The Bertz CT molecular complexity index is 136. The van der Waals surface area contributed by atoms with Crippen molar-refractivity contribution in [2.45, 2.75) is 19.8 Å². The summed E-state index contributed by atoms with van der Waals surface area (Å²) in [6.45, 7) is 2.08. The zero-order valence-corrected chi connectivity index (χ0v) is 4.79. The van der Waals surface area contributed by atoms with Gasteiger partial charge in [-0.1, -0.05) is 12.1 Å². The third-order valence-corrected chi connectivity index (χ3v) is 0.881. The highest BCUT2D eigenvalue weighted by Crippen LogP contribution is 1.91. The number of nitrogens with zero attached hydrogens (tertiary/aromatic N) is 2. The maximum atomic E-state index is 4.51. The molecule has 0 saturated carbocycles. The zero-order chi connectivity index (χ0) is 5.82. The van der Waals surface area contributed by atoms with E-state index in [0.717, 1.165) is 18.7 Å². The third kappa shape index (κ3) is 1.05. The lowest BCUT2D eigenvalue weighted by Crippen LogP contribution is -1.83. The second-order valence-electron chi connectivity index (χ2n) is 1.60. The first kappa shape index (κ1) is 5.28. The molecule has 1 aromatic rings. The molecule has 0 saturated heterocycles. The van der Waals surface area contributed by atoms with Gasteiger partial charge in [-0.2, -0.15) is 4.98 Å². The molecule has 0 bridgehead atoms. The van der Waals surface area contributed by atoms with Crippen molar-refractivity contribution in [2.75, 3.05) is 0 Å². The summed E-state index contributed by atoms with van der Waals surface area (Å²) in [7, 11) is 0. The van der Waals surface area contributed by atoms with Crippen LogP contribution in [0.4, 0.5) is 0 Å². The lowest BCUT2D eigenvalue weighted by Gasteiger charge is -1.81. The van der Waals surface area contributed by atoms with Gasteiger partial charge in [0, 0.05) is 6.42 Å². The molecule has 0 atom stereocenters. The molecule has 3 heteroatoms. The van der Waals surface area contributed by atoms with Crippen LogP contribution in [0.3, 0.4) is 0 Å². The highest BCUT2D eigenvalue weighted by Gasteiger charge is 1.92. The Kier molecular flexibility index (Phi) is 1.62. The van der Waals surface area contributed by atoms with Crippen molar-refractivity contribution in [1.82, 2.24) is 10.1 Å². The topological polar surface area (TPSA) is 38.9 Å². The number of rotatable bonds is 2. The van der Waals surface area contributed by atoms with Gasteiger partial charge in [-0.05, 0) is 6.42 Å². The fraction of sp³-hybridized carbons (Fsp3) is 0.600. The summed E-state index contributed by atoms with van der Waals surface area (Å²) in [6.07, 6.45) is 3.33. The van der Waals surface area contributed by atoms with Crippen LogP contribution in [0.1, 0.15) is 19.2 Å². The Morgan fingerprint density at radius 3 is 3.12 bits per heavy atom. The molecular weight excluding hydrogens is 104 g/mol. The molecule has 3 nitrogen and oxygen atoms in total. The summed E-state index contributed by atoms with van der Waals surface area (Å²) in [5.41, 5.74) is 0. The molecule has 0 unspecified atom stereocenters. The van der Waals surface area contributed by atoms with Crippen molar-refractivity contribution < 1.29 is 4.52 Å². The molecule has 0 amide bonds. The average molecular weight is 112 g/mol. The van der Waals surface area contributed by atoms with Crippen LogP contribution < -0.4 is 0 Å². The SMILES string of the molecule is CCCc1ncon1. The van der Waals surface area contributed by atoms with Gasteiger partial charge in [0.05, 0.1) is 0 Å². The van der Waals surface area contributed by atoms with Crippen molar-refractivity contribution in [1.29, 1.82) is 0 Å². The lowest BCUT2D eigenvalue weighted by atomic mass is 10.3. The molecule has 0 aromatic carbocycles. The monoisotopic (exact) mass is 112 g/mol. The predicted octanol–water partition coefficient (Wildman–Crippen LogP) is 1.02. The first-order valence-electron chi connectivity index (χ1n) is 2.68. The molecule has 0 fully saturated rings. The van der Waals surface area contributed by atoms with Gasteiger partial charge in [0.1, 0.15) is 0 Å². The summed E-state index contributed by atoms with van der Waals surface area (Å²) < 4.78 is 4.51.